The molecule has 0 saturated carbocycles. The summed E-state index contributed by atoms with van der Waals surface area (Å²) in [6.07, 6.45) is 1.60. The number of carbonyl (C=O) groups is 1. The van der Waals surface area contributed by atoms with Crippen molar-refractivity contribution in [2.45, 2.75) is 26.4 Å². The second-order valence-corrected chi connectivity index (χ2v) is 6.12. The number of ether oxygens (including phenoxy) is 1. The Labute approximate surface area is 142 Å². The third-order valence-corrected chi connectivity index (χ3v) is 4.35. The van der Waals surface area contributed by atoms with Gasteiger partial charge in [0.1, 0.15) is 11.5 Å². The lowest BCUT2D eigenvalue weighted by Gasteiger charge is -2.34. The van der Waals surface area contributed by atoms with Gasteiger partial charge in [-0.15, -0.1) is 6.58 Å². The van der Waals surface area contributed by atoms with E-state index in [1.807, 2.05) is 6.07 Å². The van der Waals surface area contributed by atoms with Gasteiger partial charge in [-0.2, -0.15) is 0 Å². The number of carbonyl (C=O) groups excluding carboxylic acids is 1. The molecule has 0 aliphatic carbocycles. The van der Waals surface area contributed by atoms with Crippen molar-refractivity contribution >= 4 is 11.6 Å². The highest BCUT2D eigenvalue weighted by Crippen LogP contribution is 2.37. The molecular formula is C20H21NO3. The van der Waals surface area contributed by atoms with Crippen LogP contribution in [0, 0.1) is 13.8 Å². The van der Waals surface area contributed by atoms with Crippen molar-refractivity contribution in [3.05, 3.63) is 65.7 Å². The lowest BCUT2D eigenvalue weighted by Crippen LogP contribution is -2.47. The molecule has 0 radical (unpaired) electrons. The highest BCUT2D eigenvalue weighted by atomic mass is 16.5. The normalized spacial score (nSPS) is 16.5. The second kappa shape index (κ2) is 6.40. The van der Waals surface area contributed by atoms with Crippen molar-refractivity contribution in [3.8, 4) is 11.5 Å². The second-order valence-electron chi connectivity index (χ2n) is 6.12. The molecule has 1 aliphatic heterocycles. The minimum Gasteiger partial charge on any atom is -0.508 e. The maximum atomic E-state index is 12.8. The zero-order chi connectivity index (χ0) is 17.3. The SMILES string of the molecule is C=CCN1C(=O)C(Cc2ccc(C)c(C)c2)Oc2ccc(O)cc21. The van der Waals surface area contributed by atoms with E-state index >= 15 is 0 Å². The largest absolute Gasteiger partial charge is 0.508 e. The van der Waals surface area contributed by atoms with Crippen molar-refractivity contribution in [1.82, 2.24) is 0 Å². The molecule has 0 bridgehead atoms. The molecule has 0 spiro atoms. The van der Waals surface area contributed by atoms with Gasteiger partial charge < -0.3 is 14.7 Å². The molecule has 0 fully saturated rings. The van der Waals surface area contributed by atoms with Crippen LogP contribution in [0.4, 0.5) is 5.69 Å². The van der Waals surface area contributed by atoms with Gasteiger partial charge in [0.05, 0.1) is 5.69 Å². The number of fused-ring (bicyclic) bond motifs is 1. The van der Waals surface area contributed by atoms with Crippen molar-refractivity contribution in [3.63, 3.8) is 0 Å². The molecule has 0 aromatic heterocycles. The monoisotopic (exact) mass is 323 g/mol. The van der Waals surface area contributed by atoms with Gasteiger partial charge in [0, 0.05) is 19.0 Å². The van der Waals surface area contributed by atoms with Gasteiger partial charge in [-0.3, -0.25) is 4.79 Å². The van der Waals surface area contributed by atoms with Crippen LogP contribution in [-0.2, 0) is 11.2 Å². The van der Waals surface area contributed by atoms with Gasteiger partial charge >= 0.3 is 0 Å². The van der Waals surface area contributed by atoms with Crippen molar-refractivity contribution in [1.29, 1.82) is 0 Å². The summed E-state index contributed by atoms with van der Waals surface area (Å²) in [5.41, 5.74) is 4.07. The number of benzene rings is 2. The maximum Gasteiger partial charge on any atom is 0.268 e. The zero-order valence-electron chi connectivity index (χ0n) is 14.0. The molecule has 124 valence electrons. The fourth-order valence-corrected chi connectivity index (χ4v) is 2.90. The zero-order valence-corrected chi connectivity index (χ0v) is 14.0. The predicted molar refractivity (Wildman–Crippen MR) is 94.7 cm³/mol. The van der Waals surface area contributed by atoms with Crippen LogP contribution in [0.1, 0.15) is 16.7 Å². The Balaban J connectivity index is 1.92. The van der Waals surface area contributed by atoms with Crippen molar-refractivity contribution < 1.29 is 14.6 Å². The molecule has 2 aromatic carbocycles. The summed E-state index contributed by atoms with van der Waals surface area (Å²) in [7, 11) is 0. The summed E-state index contributed by atoms with van der Waals surface area (Å²) in [5, 5.41) is 9.70. The molecule has 24 heavy (non-hydrogen) atoms. The summed E-state index contributed by atoms with van der Waals surface area (Å²) in [4.78, 5) is 14.4. The number of nitrogens with zero attached hydrogens (tertiary/aromatic N) is 1. The topological polar surface area (TPSA) is 49.8 Å². The Morgan fingerprint density at radius 2 is 2.00 bits per heavy atom. The van der Waals surface area contributed by atoms with Gasteiger partial charge in [0.2, 0.25) is 0 Å². The highest BCUT2D eigenvalue weighted by Gasteiger charge is 2.34. The van der Waals surface area contributed by atoms with Gasteiger partial charge in [-0.1, -0.05) is 24.3 Å². The van der Waals surface area contributed by atoms with E-state index < -0.39 is 6.10 Å². The minimum atomic E-state index is -0.580. The standard InChI is InChI=1S/C20H21NO3/c1-4-9-21-17-12-16(22)7-8-18(17)24-19(20(21)23)11-15-6-5-13(2)14(3)10-15/h4-8,10,12,19,22H,1,9,11H2,2-3H3. The van der Waals surface area contributed by atoms with Gasteiger partial charge in [0.15, 0.2) is 6.10 Å². The quantitative estimate of drug-likeness (QED) is 0.876. The molecule has 2 aromatic rings. The van der Waals surface area contributed by atoms with E-state index in [0.29, 0.717) is 24.4 Å². The molecule has 4 nitrogen and oxygen atoms in total. The average molecular weight is 323 g/mol. The average Bonchev–Trinajstić information content (AvgIpc) is 2.55. The summed E-state index contributed by atoms with van der Waals surface area (Å²) >= 11 is 0. The summed E-state index contributed by atoms with van der Waals surface area (Å²) in [6, 6.07) is 11.0. The molecule has 3 rings (SSSR count). The molecular weight excluding hydrogens is 302 g/mol. The van der Waals surface area contributed by atoms with E-state index in [-0.39, 0.29) is 11.7 Å². The molecule has 0 saturated heterocycles. The van der Waals surface area contributed by atoms with Gasteiger partial charge in [-0.25, -0.2) is 0 Å². The van der Waals surface area contributed by atoms with E-state index in [0.717, 1.165) is 5.56 Å². The number of amides is 1. The van der Waals surface area contributed by atoms with Gasteiger partial charge in [-0.05, 0) is 42.7 Å². The Kier molecular flexibility index (Phi) is 4.30. The number of phenols is 1. The van der Waals surface area contributed by atoms with Crippen LogP contribution in [0.2, 0.25) is 0 Å². The Morgan fingerprint density at radius 1 is 1.21 bits per heavy atom. The Hall–Kier alpha value is -2.75. The van der Waals surface area contributed by atoms with Crippen LogP contribution in [0.15, 0.2) is 49.1 Å². The van der Waals surface area contributed by atoms with Crippen LogP contribution >= 0.6 is 0 Å². The van der Waals surface area contributed by atoms with E-state index in [2.05, 4.69) is 32.6 Å². The molecule has 1 atom stereocenters. The van der Waals surface area contributed by atoms with Crippen LogP contribution in [0.3, 0.4) is 0 Å². The van der Waals surface area contributed by atoms with E-state index in [1.165, 1.54) is 11.1 Å². The summed E-state index contributed by atoms with van der Waals surface area (Å²) in [5.74, 6) is 0.584. The predicted octanol–water partition coefficient (Wildman–Crippen LogP) is 3.53. The fraction of sp³-hybridized carbons (Fsp3) is 0.250. The maximum absolute atomic E-state index is 12.8. The lowest BCUT2D eigenvalue weighted by atomic mass is 10.0. The van der Waals surface area contributed by atoms with Crippen LogP contribution in [-0.4, -0.2) is 23.7 Å². The van der Waals surface area contributed by atoms with E-state index in [1.54, 1.807) is 29.2 Å². The Morgan fingerprint density at radius 3 is 2.71 bits per heavy atom. The number of hydrogen-bond donors (Lipinski definition) is 1. The van der Waals surface area contributed by atoms with Crippen molar-refractivity contribution in [2.24, 2.45) is 0 Å². The summed E-state index contributed by atoms with van der Waals surface area (Å²) < 4.78 is 5.91. The minimum absolute atomic E-state index is 0.104. The van der Waals surface area contributed by atoms with Crippen LogP contribution < -0.4 is 9.64 Å². The number of aromatic hydroxyl groups is 1. The van der Waals surface area contributed by atoms with Crippen LogP contribution in [0.25, 0.3) is 0 Å². The first-order chi connectivity index (χ1) is 11.5. The lowest BCUT2D eigenvalue weighted by molar-refractivity contribution is -0.126. The molecule has 1 unspecified atom stereocenters. The number of rotatable bonds is 4. The molecule has 1 N–H and O–H groups in total. The summed E-state index contributed by atoms with van der Waals surface area (Å²) in [6.45, 7) is 8.22. The third-order valence-electron chi connectivity index (χ3n) is 4.35. The fourth-order valence-electron chi connectivity index (χ4n) is 2.90. The molecule has 1 aliphatic rings. The molecule has 1 amide bonds. The van der Waals surface area contributed by atoms with E-state index in [9.17, 15) is 9.90 Å². The third kappa shape index (κ3) is 3.00. The van der Waals surface area contributed by atoms with E-state index in [4.69, 9.17) is 4.74 Å². The van der Waals surface area contributed by atoms with Crippen molar-refractivity contribution in [2.75, 3.05) is 11.4 Å². The smallest absolute Gasteiger partial charge is 0.268 e. The first-order valence-corrected chi connectivity index (χ1v) is 7.97. The molecule has 4 heteroatoms. The number of anilines is 1. The number of phenolic OH excluding ortho intramolecular Hbond substituents is 1. The van der Waals surface area contributed by atoms with Crippen LogP contribution in [0.5, 0.6) is 11.5 Å². The number of aryl methyl sites for hydroxylation is 2. The first kappa shape index (κ1) is 16.1. The van der Waals surface area contributed by atoms with Gasteiger partial charge in [0.25, 0.3) is 5.91 Å². The Bertz CT molecular complexity index is 797. The number of hydrogen-bond acceptors (Lipinski definition) is 3. The first-order valence-electron chi connectivity index (χ1n) is 7.97. The molecule has 1 heterocycles. The highest BCUT2D eigenvalue weighted by molar-refractivity contribution is 6.00.